The summed E-state index contributed by atoms with van der Waals surface area (Å²) in [5.74, 6) is -0.179. The fraction of sp³-hybridized carbons (Fsp3) is 0.471. The smallest absolute Gasteiger partial charge is 0.123 e. The molecule has 0 unspecified atom stereocenters. The van der Waals surface area contributed by atoms with Crippen LogP contribution >= 0.6 is 0 Å². The Balaban J connectivity index is 1.72. The third-order valence-electron chi connectivity index (χ3n) is 4.44. The summed E-state index contributed by atoms with van der Waals surface area (Å²) in [7, 11) is 1.83. The normalized spacial score (nSPS) is 20.5. The highest BCUT2D eigenvalue weighted by atomic mass is 19.1. The van der Waals surface area contributed by atoms with Crippen molar-refractivity contribution in [3.8, 4) is 0 Å². The van der Waals surface area contributed by atoms with Gasteiger partial charge in [0.1, 0.15) is 11.4 Å². The Kier molecular flexibility index (Phi) is 4.02. The van der Waals surface area contributed by atoms with Gasteiger partial charge in [0.25, 0.3) is 0 Å². The minimum atomic E-state index is -0.980. The summed E-state index contributed by atoms with van der Waals surface area (Å²) in [6.45, 7) is 2.21. The third-order valence-corrected chi connectivity index (χ3v) is 4.44. The second-order valence-corrected chi connectivity index (χ2v) is 6.35. The standard InChI is InChI=1S/C17H22FN3O/c1-17(22,13-9-20-21(2)10-13)11-19-16-5-3-4-12-8-14(18)6-7-15(12)16/h6-10,16,19,22H,3-5,11H2,1-2H3/t16-,17-/m1/s1. The second-order valence-electron chi connectivity index (χ2n) is 6.35. The maximum atomic E-state index is 13.4. The Morgan fingerprint density at radius 1 is 1.50 bits per heavy atom. The van der Waals surface area contributed by atoms with Crippen LogP contribution in [0.3, 0.4) is 0 Å². The van der Waals surface area contributed by atoms with E-state index in [1.165, 1.54) is 6.07 Å². The van der Waals surface area contributed by atoms with Crippen molar-refractivity contribution in [1.82, 2.24) is 15.1 Å². The van der Waals surface area contributed by atoms with Crippen molar-refractivity contribution in [3.63, 3.8) is 0 Å². The number of hydrogen-bond acceptors (Lipinski definition) is 3. The fourth-order valence-corrected chi connectivity index (χ4v) is 3.12. The molecule has 0 saturated heterocycles. The summed E-state index contributed by atoms with van der Waals surface area (Å²) in [4.78, 5) is 0. The molecule has 0 saturated carbocycles. The van der Waals surface area contributed by atoms with E-state index in [1.54, 1.807) is 23.9 Å². The van der Waals surface area contributed by atoms with Crippen LogP contribution in [-0.4, -0.2) is 21.4 Å². The largest absolute Gasteiger partial charge is 0.384 e. The molecule has 2 aromatic rings. The van der Waals surface area contributed by atoms with E-state index in [0.29, 0.717) is 6.54 Å². The Bertz CT molecular complexity index is 666. The highest BCUT2D eigenvalue weighted by molar-refractivity contribution is 5.33. The molecule has 0 bridgehead atoms. The van der Waals surface area contributed by atoms with Crippen molar-refractivity contribution < 1.29 is 9.50 Å². The zero-order valence-corrected chi connectivity index (χ0v) is 13.0. The average Bonchev–Trinajstić information content (AvgIpc) is 2.92. The van der Waals surface area contributed by atoms with Gasteiger partial charge in [-0.25, -0.2) is 4.39 Å². The number of nitrogens with one attached hydrogen (secondary N) is 1. The predicted octanol–water partition coefficient (Wildman–Crippen LogP) is 2.43. The number of aliphatic hydroxyl groups is 1. The summed E-state index contributed by atoms with van der Waals surface area (Å²) in [5, 5.41) is 18.2. The third kappa shape index (κ3) is 3.05. The maximum absolute atomic E-state index is 13.4. The Hall–Kier alpha value is -1.72. The first-order chi connectivity index (χ1) is 10.5. The molecule has 0 spiro atoms. The number of hydrogen-bond donors (Lipinski definition) is 2. The molecule has 5 heteroatoms. The van der Waals surface area contributed by atoms with Crippen molar-refractivity contribution in [3.05, 3.63) is 53.1 Å². The fourth-order valence-electron chi connectivity index (χ4n) is 3.12. The first kappa shape index (κ1) is 15.2. The van der Waals surface area contributed by atoms with Gasteiger partial charge in [-0.05, 0) is 49.4 Å². The molecule has 118 valence electrons. The molecule has 2 atom stereocenters. The summed E-state index contributed by atoms with van der Waals surface area (Å²) < 4.78 is 15.0. The molecule has 1 aliphatic carbocycles. The molecule has 0 amide bonds. The van der Waals surface area contributed by atoms with Gasteiger partial charge in [0.2, 0.25) is 0 Å². The first-order valence-electron chi connectivity index (χ1n) is 7.69. The SMILES string of the molecule is Cn1cc([C@](C)(O)CN[C@@H]2CCCc3cc(F)ccc32)cn1. The van der Waals surface area contributed by atoms with Gasteiger partial charge >= 0.3 is 0 Å². The van der Waals surface area contributed by atoms with Gasteiger partial charge in [-0.1, -0.05) is 6.07 Å². The number of nitrogens with zero attached hydrogens (tertiary/aromatic N) is 2. The zero-order chi connectivity index (χ0) is 15.7. The van der Waals surface area contributed by atoms with Gasteiger partial charge in [0.15, 0.2) is 0 Å². The number of aromatic nitrogens is 2. The molecule has 0 radical (unpaired) electrons. The lowest BCUT2D eigenvalue weighted by Crippen LogP contribution is -2.38. The van der Waals surface area contributed by atoms with Gasteiger partial charge in [-0.2, -0.15) is 5.10 Å². The topological polar surface area (TPSA) is 50.1 Å². The van der Waals surface area contributed by atoms with E-state index in [-0.39, 0.29) is 11.9 Å². The number of halogens is 1. The van der Waals surface area contributed by atoms with Gasteiger partial charge in [0.05, 0.1) is 6.20 Å². The number of fused-ring (bicyclic) bond motifs is 1. The van der Waals surface area contributed by atoms with E-state index in [9.17, 15) is 9.50 Å². The van der Waals surface area contributed by atoms with E-state index < -0.39 is 5.60 Å². The molecule has 2 N–H and O–H groups in total. The summed E-state index contributed by atoms with van der Waals surface area (Å²) in [6, 6.07) is 5.16. The molecule has 1 aromatic carbocycles. The molecule has 22 heavy (non-hydrogen) atoms. The highest BCUT2D eigenvalue weighted by Gasteiger charge is 2.27. The van der Waals surface area contributed by atoms with Crippen LogP contribution in [0.15, 0.2) is 30.6 Å². The number of aryl methyl sites for hydroxylation is 2. The van der Waals surface area contributed by atoms with Crippen molar-refractivity contribution in [2.45, 2.75) is 37.8 Å². The van der Waals surface area contributed by atoms with Crippen molar-refractivity contribution in [2.24, 2.45) is 7.05 Å². The summed E-state index contributed by atoms with van der Waals surface area (Å²) in [6.07, 6.45) is 6.47. The molecule has 1 aromatic heterocycles. The minimum absolute atomic E-state index is 0.160. The van der Waals surface area contributed by atoms with Crippen LogP contribution < -0.4 is 5.32 Å². The van der Waals surface area contributed by atoms with E-state index >= 15 is 0 Å². The van der Waals surface area contributed by atoms with E-state index in [1.807, 2.05) is 19.3 Å². The van der Waals surface area contributed by atoms with Crippen LogP contribution in [0, 0.1) is 5.82 Å². The Labute approximate surface area is 130 Å². The van der Waals surface area contributed by atoms with Gasteiger partial charge < -0.3 is 10.4 Å². The monoisotopic (exact) mass is 303 g/mol. The lowest BCUT2D eigenvalue weighted by atomic mass is 9.87. The second kappa shape index (κ2) is 5.82. The number of rotatable bonds is 4. The van der Waals surface area contributed by atoms with Crippen LogP contribution in [0.25, 0.3) is 0 Å². The van der Waals surface area contributed by atoms with Crippen LogP contribution in [-0.2, 0) is 19.1 Å². The lowest BCUT2D eigenvalue weighted by Gasteiger charge is -2.30. The summed E-state index contributed by atoms with van der Waals surface area (Å²) >= 11 is 0. The van der Waals surface area contributed by atoms with Gasteiger partial charge in [-0.15, -0.1) is 0 Å². The lowest BCUT2D eigenvalue weighted by molar-refractivity contribution is 0.0530. The van der Waals surface area contributed by atoms with Crippen LogP contribution in [0.1, 0.15) is 42.5 Å². The molecule has 4 nitrogen and oxygen atoms in total. The maximum Gasteiger partial charge on any atom is 0.123 e. The quantitative estimate of drug-likeness (QED) is 0.912. The van der Waals surface area contributed by atoms with Crippen molar-refractivity contribution >= 4 is 0 Å². The Morgan fingerprint density at radius 3 is 3.05 bits per heavy atom. The van der Waals surface area contributed by atoms with Crippen molar-refractivity contribution in [1.29, 1.82) is 0 Å². The van der Waals surface area contributed by atoms with E-state index in [4.69, 9.17) is 0 Å². The van der Waals surface area contributed by atoms with Gasteiger partial charge in [-0.3, -0.25) is 4.68 Å². The highest BCUT2D eigenvalue weighted by Crippen LogP contribution is 2.31. The molecule has 3 rings (SSSR count). The molecule has 0 fully saturated rings. The molecule has 1 aliphatic rings. The zero-order valence-electron chi connectivity index (χ0n) is 13.0. The average molecular weight is 303 g/mol. The first-order valence-corrected chi connectivity index (χ1v) is 7.69. The minimum Gasteiger partial charge on any atom is -0.384 e. The van der Waals surface area contributed by atoms with Crippen LogP contribution in [0.2, 0.25) is 0 Å². The molecule has 1 heterocycles. The summed E-state index contributed by atoms with van der Waals surface area (Å²) in [5.41, 5.74) is 2.03. The van der Waals surface area contributed by atoms with Crippen LogP contribution in [0.5, 0.6) is 0 Å². The van der Waals surface area contributed by atoms with Gasteiger partial charge in [0, 0.05) is 31.4 Å². The van der Waals surface area contributed by atoms with Crippen LogP contribution in [0.4, 0.5) is 4.39 Å². The Morgan fingerprint density at radius 2 is 2.32 bits per heavy atom. The molecular weight excluding hydrogens is 281 g/mol. The van der Waals surface area contributed by atoms with Crippen molar-refractivity contribution in [2.75, 3.05) is 6.54 Å². The van der Waals surface area contributed by atoms with E-state index in [0.717, 1.165) is 36.0 Å². The number of benzene rings is 1. The van der Waals surface area contributed by atoms with E-state index in [2.05, 4.69) is 10.4 Å². The predicted molar refractivity (Wildman–Crippen MR) is 82.9 cm³/mol. The molecule has 0 aliphatic heterocycles. The molecular formula is C17H22FN3O.